The third kappa shape index (κ3) is 2.36. The van der Waals surface area contributed by atoms with Gasteiger partial charge < -0.3 is 11.5 Å². The maximum atomic E-state index is 5.97. The van der Waals surface area contributed by atoms with Crippen molar-refractivity contribution in [2.45, 2.75) is 31.7 Å². The zero-order chi connectivity index (χ0) is 10.7. The molecule has 3 nitrogen and oxygen atoms in total. The van der Waals surface area contributed by atoms with Crippen LogP contribution in [0.4, 0.5) is 5.69 Å². The molecule has 0 spiro atoms. The van der Waals surface area contributed by atoms with E-state index in [4.69, 9.17) is 11.5 Å². The first-order valence-corrected chi connectivity index (χ1v) is 5.43. The summed E-state index contributed by atoms with van der Waals surface area (Å²) in [5.41, 5.74) is 15.0. The van der Waals surface area contributed by atoms with E-state index in [1.165, 1.54) is 18.4 Å². The molecule has 15 heavy (non-hydrogen) atoms. The van der Waals surface area contributed by atoms with Crippen LogP contribution in [-0.4, -0.2) is 11.0 Å². The summed E-state index contributed by atoms with van der Waals surface area (Å²) >= 11 is 0. The highest BCUT2D eigenvalue weighted by molar-refractivity contribution is 5.74. The van der Waals surface area contributed by atoms with Crippen LogP contribution in [-0.2, 0) is 0 Å². The molecule has 0 radical (unpaired) electrons. The van der Waals surface area contributed by atoms with Crippen LogP contribution in [0.15, 0.2) is 24.5 Å². The lowest BCUT2D eigenvalue weighted by Gasteiger charge is -2.09. The zero-order valence-electron chi connectivity index (χ0n) is 8.82. The number of nitrogen functional groups attached to an aromatic ring is 1. The molecule has 2 rings (SSSR count). The van der Waals surface area contributed by atoms with Crippen molar-refractivity contribution in [2.24, 2.45) is 5.73 Å². The van der Waals surface area contributed by atoms with E-state index in [2.05, 4.69) is 11.1 Å². The second-order valence-corrected chi connectivity index (χ2v) is 4.06. The second-order valence-electron chi connectivity index (χ2n) is 4.06. The lowest BCUT2D eigenvalue weighted by atomic mass is 10.0. The molecule has 80 valence electrons. The van der Waals surface area contributed by atoms with Crippen LogP contribution < -0.4 is 11.5 Å². The number of rotatable bonds is 1. The number of hydrogen-bond acceptors (Lipinski definition) is 3. The Morgan fingerprint density at radius 1 is 1.33 bits per heavy atom. The van der Waals surface area contributed by atoms with E-state index in [0.29, 0.717) is 0 Å². The Morgan fingerprint density at radius 2 is 2.20 bits per heavy atom. The summed E-state index contributed by atoms with van der Waals surface area (Å²) in [6.07, 6.45) is 10.2. The Hall–Kier alpha value is -1.35. The van der Waals surface area contributed by atoms with Gasteiger partial charge in [-0.15, -0.1) is 0 Å². The van der Waals surface area contributed by atoms with Crippen LogP contribution in [0.25, 0.3) is 5.57 Å². The largest absolute Gasteiger partial charge is 0.398 e. The topological polar surface area (TPSA) is 64.9 Å². The van der Waals surface area contributed by atoms with Gasteiger partial charge in [0.2, 0.25) is 0 Å². The van der Waals surface area contributed by atoms with Gasteiger partial charge in [0.05, 0.1) is 0 Å². The molecule has 1 aliphatic carbocycles. The quantitative estimate of drug-likeness (QED) is 0.733. The molecule has 1 atom stereocenters. The standard InChI is InChI=1S/C12H17N3/c13-10-4-2-1-3-9(7-10)11-8-15-6-5-12(11)14/h5-8,10H,1-4,13H2,(H2,14,15). The predicted octanol–water partition coefficient (Wildman–Crippen LogP) is 1.95. The molecule has 0 saturated heterocycles. The van der Waals surface area contributed by atoms with Crippen molar-refractivity contribution in [2.75, 3.05) is 5.73 Å². The number of allylic oxidation sites excluding steroid dienone is 1. The van der Waals surface area contributed by atoms with Crippen molar-refractivity contribution in [1.82, 2.24) is 4.98 Å². The minimum Gasteiger partial charge on any atom is -0.398 e. The van der Waals surface area contributed by atoms with Gasteiger partial charge in [0.25, 0.3) is 0 Å². The summed E-state index contributed by atoms with van der Waals surface area (Å²) in [7, 11) is 0. The minimum atomic E-state index is 0.169. The molecule has 0 amide bonds. The molecule has 0 bridgehead atoms. The molecule has 0 aromatic carbocycles. The summed E-state index contributed by atoms with van der Waals surface area (Å²) in [5.74, 6) is 0. The molecule has 0 aliphatic heterocycles. The van der Waals surface area contributed by atoms with E-state index in [1.807, 2.05) is 12.3 Å². The maximum Gasteiger partial charge on any atom is 0.0421 e. The van der Waals surface area contributed by atoms with Gasteiger partial charge in [0.1, 0.15) is 0 Å². The molecule has 1 aromatic heterocycles. The first kappa shape index (κ1) is 10.2. The molecular weight excluding hydrogens is 186 g/mol. The molecule has 0 saturated carbocycles. The number of pyridine rings is 1. The zero-order valence-corrected chi connectivity index (χ0v) is 8.82. The fourth-order valence-electron chi connectivity index (χ4n) is 2.02. The van der Waals surface area contributed by atoms with E-state index < -0.39 is 0 Å². The predicted molar refractivity (Wildman–Crippen MR) is 63.1 cm³/mol. The number of aromatic nitrogens is 1. The van der Waals surface area contributed by atoms with Crippen molar-refractivity contribution in [3.63, 3.8) is 0 Å². The first-order valence-electron chi connectivity index (χ1n) is 5.43. The van der Waals surface area contributed by atoms with Crippen LogP contribution in [0.2, 0.25) is 0 Å². The number of anilines is 1. The van der Waals surface area contributed by atoms with Gasteiger partial charge in [-0.1, -0.05) is 12.5 Å². The number of nitrogens with zero attached hydrogens (tertiary/aromatic N) is 1. The highest BCUT2D eigenvalue weighted by Gasteiger charge is 2.11. The van der Waals surface area contributed by atoms with Gasteiger partial charge in [0, 0.05) is 29.7 Å². The average molecular weight is 203 g/mol. The Labute approximate surface area is 90.2 Å². The van der Waals surface area contributed by atoms with Gasteiger partial charge >= 0.3 is 0 Å². The van der Waals surface area contributed by atoms with Crippen LogP contribution in [0, 0.1) is 0 Å². The Kier molecular flexibility index (Phi) is 3.02. The smallest absolute Gasteiger partial charge is 0.0421 e. The van der Waals surface area contributed by atoms with E-state index in [9.17, 15) is 0 Å². The summed E-state index contributed by atoms with van der Waals surface area (Å²) in [5, 5.41) is 0. The summed E-state index contributed by atoms with van der Waals surface area (Å²) in [6, 6.07) is 2.01. The third-order valence-corrected chi connectivity index (χ3v) is 2.85. The fourth-order valence-corrected chi connectivity index (χ4v) is 2.02. The summed E-state index contributed by atoms with van der Waals surface area (Å²) < 4.78 is 0. The van der Waals surface area contributed by atoms with Crippen LogP contribution in [0.1, 0.15) is 31.2 Å². The third-order valence-electron chi connectivity index (χ3n) is 2.85. The maximum absolute atomic E-state index is 5.97. The molecule has 1 heterocycles. The minimum absolute atomic E-state index is 0.169. The molecule has 4 N–H and O–H groups in total. The van der Waals surface area contributed by atoms with E-state index in [-0.39, 0.29) is 6.04 Å². The second kappa shape index (κ2) is 4.45. The van der Waals surface area contributed by atoms with Crippen molar-refractivity contribution >= 4 is 11.3 Å². The fraction of sp³-hybridized carbons (Fsp3) is 0.417. The van der Waals surface area contributed by atoms with Gasteiger partial charge in [-0.05, 0) is 30.9 Å². The van der Waals surface area contributed by atoms with Crippen molar-refractivity contribution in [1.29, 1.82) is 0 Å². The lowest BCUT2D eigenvalue weighted by Crippen LogP contribution is -2.15. The van der Waals surface area contributed by atoms with E-state index in [0.717, 1.165) is 24.1 Å². The highest BCUT2D eigenvalue weighted by atomic mass is 14.7. The number of hydrogen-bond donors (Lipinski definition) is 2. The van der Waals surface area contributed by atoms with Gasteiger partial charge in [-0.3, -0.25) is 4.98 Å². The molecule has 1 aromatic rings. The van der Waals surface area contributed by atoms with Crippen LogP contribution in [0.5, 0.6) is 0 Å². The SMILES string of the molecule is Nc1ccncc1C1=CC(N)CCCC1. The lowest BCUT2D eigenvalue weighted by molar-refractivity contribution is 0.658. The van der Waals surface area contributed by atoms with Gasteiger partial charge in [0.15, 0.2) is 0 Å². The first-order chi connectivity index (χ1) is 7.27. The molecule has 0 fully saturated rings. The summed E-state index contributed by atoms with van der Waals surface area (Å²) in [6.45, 7) is 0. The van der Waals surface area contributed by atoms with Gasteiger partial charge in [-0.2, -0.15) is 0 Å². The van der Waals surface area contributed by atoms with Crippen molar-refractivity contribution < 1.29 is 0 Å². The van der Waals surface area contributed by atoms with E-state index >= 15 is 0 Å². The Bertz CT molecular complexity index is 371. The van der Waals surface area contributed by atoms with Crippen molar-refractivity contribution in [3.05, 3.63) is 30.1 Å². The summed E-state index contributed by atoms with van der Waals surface area (Å²) in [4.78, 5) is 4.11. The van der Waals surface area contributed by atoms with E-state index in [1.54, 1.807) is 6.20 Å². The number of nitrogens with two attached hydrogens (primary N) is 2. The average Bonchev–Trinajstić information content (AvgIpc) is 2.43. The monoisotopic (exact) mass is 203 g/mol. The normalized spacial score (nSPS) is 21.9. The molecule has 3 heteroatoms. The van der Waals surface area contributed by atoms with Crippen molar-refractivity contribution in [3.8, 4) is 0 Å². The molecular formula is C12H17N3. The molecule has 1 unspecified atom stereocenters. The Morgan fingerprint density at radius 3 is 3.00 bits per heavy atom. The Balaban J connectivity index is 2.33. The van der Waals surface area contributed by atoms with Gasteiger partial charge in [-0.25, -0.2) is 0 Å². The molecule has 1 aliphatic rings. The van der Waals surface area contributed by atoms with Crippen LogP contribution >= 0.6 is 0 Å². The highest BCUT2D eigenvalue weighted by Crippen LogP contribution is 2.28. The van der Waals surface area contributed by atoms with Crippen LogP contribution in [0.3, 0.4) is 0 Å².